The van der Waals surface area contributed by atoms with Crippen LogP contribution < -0.4 is 4.90 Å². The maximum absolute atomic E-state index is 2.42. The van der Waals surface area contributed by atoms with Gasteiger partial charge in [-0.1, -0.05) is 164 Å². The highest BCUT2D eigenvalue weighted by Crippen LogP contribution is 2.45. The number of aromatic nitrogens is 1. The van der Waals surface area contributed by atoms with E-state index >= 15 is 0 Å². The van der Waals surface area contributed by atoms with Gasteiger partial charge in [0.05, 0.1) is 21.4 Å². The average molecular weight is 795 g/mol. The molecule has 0 aliphatic rings. The van der Waals surface area contributed by atoms with E-state index in [-0.39, 0.29) is 0 Å². The highest BCUT2D eigenvalue weighted by molar-refractivity contribution is 7.26. The first-order valence-corrected chi connectivity index (χ1v) is 21.6. The summed E-state index contributed by atoms with van der Waals surface area (Å²) in [7, 11) is 0. The lowest BCUT2D eigenvalue weighted by Gasteiger charge is -2.26. The smallest absolute Gasteiger partial charge is 0.0640 e. The van der Waals surface area contributed by atoms with Crippen LogP contribution in [0.5, 0.6) is 0 Å². The van der Waals surface area contributed by atoms with Gasteiger partial charge in [-0.3, -0.25) is 0 Å². The van der Waals surface area contributed by atoms with Crippen LogP contribution in [0.3, 0.4) is 0 Å². The van der Waals surface area contributed by atoms with Gasteiger partial charge in [0.1, 0.15) is 0 Å². The van der Waals surface area contributed by atoms with Crippen LogP contribution in [-0.4, -0.2) is 4.57 Å². The summed E-state index contributed by atoms with van der Waals surface area (Å²) in [6, 6.07) is 84.1. The number of hydrogen-bond acceptors (Lipinski definition) is 2. The first-order chi connectivity index (χ1) is 30.2. The zero-order valence-corrected chi connectivity index (χ0v) is 34.1. The second-order valence-electron chi connectivity index (χ2n) is 15.7. The molecule has 0 saturated heterocycles. The van der Waals surface area contributed by atoms with Gasteiger partial charge in [0.25, 0.3) is 0 Å². The van der Waals surface area contributed by atoms with Crippen molar-refractivity contribution < 1.29 is 0 Å². The monoisotopic (exact) mass is 794 g/mol. The van der Waals surface area contributed by atoms with Crippen molar-refractivity contribution in [2.45, 2.75) is 0 Å². The van der Waals surface area contributed by atoms with Gasteiger partial charge in [-0.25, -0.2) is 0 Å². The fourth-order valence-corrected chi connectivity index (χ4v) is 10.4. The molecular weight excluding hydrogens is 757 g/mol. The zero-order chi connectivity index (χ0) is 40.3. The molecule has 0 bridgehead atoms. The van der Waals surface area contributed by atoms with Gasteiger partial charge in [0, 0.05) is 43.3 Å². The molecule has 0 atom stereocenters. The van der Waals surface area contributed by atoms with Gasteiger partial charge in [-0.05, 0) is 111 Å². The van der Waals surface area contributed by atoms with Gasteiger partial charge in [-0.15, -0.1) is 11.3 Å². The Labute approximate surface area is 358 Å². The van der Waals surface area contributed by atoms with Crippen molar-refractivity contribution in [2.24, 2.45) is 0 Å². The van der Waals surface area contributed by atoms with Crippen LogP contribution in [0.2, 0.25) is 0 Å². The molecule has 12 aromatic rings. The molecule has 0 saturated carbocycles. The lowest BCUT2D eigenvalue weighted by Crippen LogP contribution is -2.10. The zero-order valence-electron chi connectivity index (χ0n) is 33.2. The summed E-state index contributed by atoms with van der Waals surface area (Å²) in [5.41, 5.74) is 14.2. The minimum absolute atomic E-state index is 1.11. The summed E-state index contributed by atoms with van der Waals surface area (Å²) < 4.78 is 4.98. The van der Waals surface area contributed by atoms with Crippen LogP contribution in [0.15, 0.2) is 231 Å². The summed E-state index contributed by atoms with van der Waals surface area (Å²) in [5.74, 6) is 0. The van der Waals surface area contributed by atoms with Gasteiger partial charge in [0.2, 0.25) is 0 Å². The predicted molar refractivity (Wildman–Crippen MR) is 262 cm³/mol. The van der Waals surface area contributed by atoms with Crippen molar-refractivity contribution in [3.05, 3.63) is 231 Å². The Morgan fingerprint density at radius 1 is 0.328 bits per heavy atom. The van der Waals surface area contributed by atoms with E-state index in [2.05, 4.69) is 240 Å². The minimum Gasteiger partial charge on any atom is -0.309 e. The van der Waals surface area contributed by atoms with E-state index in [0.29, 0.717) is 0 Å². The summed E-state index contributed by atoms with van der Waals surface area (Å²) in [6.07, 6.45) is 0. The predicted octanol–water partition coefficient (Wildman–Crippen LogP) is 16.8. The van der Waals surface area contributed by atoms with E-state index in [0.717, 1.165) is 11.4 Å². The normalized spacial score (nSPS) is 11.6. The molecule has 0 radical (unpaired) electrons. The van der Waals surface area contributed by atoms with Crippen molar-refractivity contribution in [3.63, 3.8) is 0 Å². The second kappa shape index (κ2) is 14.5. The largest absolute Gasteiger partial charge is 0.309 e. The van der Waals surface area contributed by atoms with Gasteiger partial charge < -0.3 is 9.47 Å². The SMILES string of the molecule is c1ccc(-c2ccc(-c3ccc(N(c4ccc(-c5ccc6c(c5)c5ccccc5n6-c5ccc6ccccc6c5)cc4)c4cccc5c4sc4ccccc45)cc3)cc2)cc1. The second-order valence-corrected chi connectivity index (χ2v) is 16.8. The van der Waals surface area contributed by atoms with E-state index in [1.54, 1.807) is 0 Å². The molecule has 0 unspecified atom stereocenters. The third-order valence-corrected chi connectivity index (χ3v) is 13.4. The first kappa shape index (κ1) is 35.2. The van der Waals surface area contributed by atoms with Crippen molar-refractivity contribution in [1.29, 1.82) is 0 Å². The maximum Gasteiger partial charge on any atom is 0.0640 e. The topological polar surface area (TPSA) is 8.17 Å². The number of nitrogens with zero attached hydrogens (tertiary/aromatic N) is 2. The summed E-state index contributed by atoms with van der Waals surface area (Å²) in [5, 5.41) is 7.57. The van der Waals surface area contributed by atoms with E-state index in [1.165, 1.54) is 97.5 Å². The van der Waals surface area contributed by atoms with E-state index in [9.17, 15) is 0 Å². The van der Waals surface area contributed by atoms with Crippen molar-refractivity contribution >= 4 is 81.1 Å². The Bertz CT molecular complexity index is 3560. The highest BCUT2D eigenvalue weighted by Gasteiger charge is 2.19. The molecule has 0 aliphatic carbocycles. The summed E-state index contributed by atoms with van der Waals surface area (Å²) in [6.45, 7) is 0. The van der Waals surface area contributed by atoms with E-state index < -0.39 is 0 Å². The van der Waals surface area contributed by atoms with Crippen molar-refractivity contribution in [1.82, 2.24) is 4.57 Å². The molecule has 2 heterocycles. The summed E-state index contributed by atoms with van der Waals surface area (Å²) in [4.78, 5) is 2.42. The van der Waals surface area contributed by atoms with Crippen molar-refractivity contribution in [3.8, 4) is 39.1 Å². The third kappa shape index (κ3) is 6.09. The van der Waals surface area contributed by atoms with Crippen LogP contribution in [0.4, 0.5) is 17.1 Å². The molecule has 0 amide bonds. The van der Waals surface area contributed by atoms with Gasteiger partial charge in [-0.2, -0.15) is 0 Å². The number of hydrogen-bond donors (Lipinski definition) is 0. The van der Waals surface area contributed by atoms with Crippen LogP contribution >= 0.6 is 11.3 Å². The number of benzene rings is 10. The maximum atomic E-state index is 2.42. The van der Waals surface area contributed by atoms with Crippen LogP contribution in [0.1, 0.15) is 0 Å². The Morgan fingerprint density at radius 2 is 0.869 bits per heavy atom. The molecule has 2 aromatic heterocycles. The van der Waals surface area contributed by atoms with Crippen LogP contribution in [-0.2, 0) is 0 Å². The van der Waals surface area contributed by atoms with E-state index in [1.807, 2.05) is 11.3 Å². The molecular formula is C58H38N2S. The molecule has 10 aromatic carbocycles. The number of para-hydroxylation sites is 1. The Morgan fingerprint density at radius 3 is 1.61 bits per heavy atom. The number of rotatable bonds is 7. The lowest BCUT2D eigenvalue weighted by atomic mass is 10.00. The molecule has 0 spiro atoms. The lowest BCUT2D eigenvalue weighted by molar-refractivity contribution is 1.19. The van der Waals surface area contributed by atoms with Crippen LogP contribution in [0, 0.1) is 0 Å². The molecule has 61 heavy (non-hydrogen) atoms. The minimum atomic E-state index is 1.11. The highest BCUT2D eigenvalue weighted by atomic mass is 32.1. The summed E-state index contributed by atoms with van der Waals surface area (Å²) >= 11 is 1.86. The molecule has 0 aliphatic heterocycles. The molecule has 2 nitrogen and oxygen atoms in total. The molecule has 3 heteroatoms. The fraction of sp³-hybridized carbons (Fsp3) is 0. The van der Waals surface area contributed by atoms with Gasteiger partial charge >= 0.3 is 0 Å². The molecule has 0 N–H and O–H groups in total. The first-order valence-electron chi connectivity index (χ1n) is 20.8. The molecule has 0 fully saturated rings. The Kier molecular flexibility index (Phi) is 8.39. The number of anilines is 3. The van der Waals surface area contributed by atoms with Crippen LogP contribution in [0.25, 0.3) is 91.8 Å². The molecule has 286 valence electrons. The van der Waals surface area contributed by atoms with E-state index in [4.69, 9.17) is 0 Å². The fourth-order valence-electron chi connectivity index (χ4n) is 9.17. The number of fused-ring (bicyclic) bond motifs is 7. The standard InChI is InChI=1S/C58H38N2S/c1-2-11-39(12-3-1)41-21-23-42(24-22-41)43-25-31-47(32-26-43)59(56-19-10-17-52-51-16-7-9-20-57(51)61-58(52)56)48-33-27-44(28-34-48)46-30-36-55-53(38-46)50-15-6-8-18-54(50)60(55)49-35-29-40-13-4-5-14-45(40)37-49/h1-38H. The Balaban J connectivity index is 0.938. The number of thiophene rings is 1. The van der Waals surface area contributed by atoms with Gasteiger partial charge in [0.15, 0.2) is 0 Å². The average Bonchev–Trinajstić information content (AvgIpc) is 3.88. The third-order valence-electron chi connectivity index (χ3n) is 12.2. The Hall–Kier alpha value is -7.72. The molecule has 12 rings (SSSR count). The quantitative estimate of drug-likeness (QED) is 0.156. The van der Waals surface area contributed by atoms with Crippen molar-refractivity contribution in [2.75, 3.05) is 4.90 Å².